The highest BCUT2D eigenvalue weighted by atomic mass is 16.5. The maximum Gasteiger partial charge on any atom is 0.167 e. The summed E-state index contributed by atoms with van der Waals surface area (Å²) in [5.74, 6) is 1.76. The number of ether oxygens (including phenoxy) is 3. The van der Waals surface area contributed by atoms with Gasteiger partial charge in [0.05, 0.1) is 19.6 Å². The van der Waals surface area contributed by atoms with E-state index in [9.17, 15) is 10.2 Å². The third kappa shape index (κ3) is 3.36. The molecule has 2 aromatic carbocycles. The lowest BCUT2D eigenvalue weighted by Crippen LogP contribution is -2.24. The second kappa shape index (κ2) is 7.91. The van der Waals surface area contributed by atoms with Gasteiger partial charge in [-0.25, -0.2) is 0 Å². The number of rotatable bonds is 7. The molecule has 5 heteroatoms. The van der Waals surface area contributed by atoms with E-state index in [0.717, 1.165) is 27.8 Å². The summed E-state index contributed by atoms with van der Waals surface area (Å²) < 4.78 is 18.1. The van der Waals surface area contributed by atoms with Crippen molar-refractivity contribution in [3.63, 3.8) is 0 Å². The number of hydrogen-bond donors (Lipinski definition) is 2. The van der Waals surface area contributed by atoms with Gasteiger partial charge in [0.25, 0.3) is 0 Å². The molecule has 0 spiro atoms. The van der Waals surface area contributed by atoms with Gasteiger partial charge in [0.2, 0.25) is 0 Å². The summed E-state index contributed by atoms with van der Waals surface area (Å²) in [5, 5.41) is 21.0. The van der Waals surface area contributed by atoms with Crippen LogP contribution < -0.4 is 14.2 Å². The molecule has 0 radical (unpaired) electrons. The fourth-order valence-electron chi connectivity index (χ4n) is 4.32. The Bertz CT molecular complexity index is 1110. The van der Waals surface area contributed by atoms with Crippen molar-refractivity contribution in [3.8, 4) is 28.7 Å². The molecule has 0 aromatic heterocycles. The number of phenols is 2. The van der Waals surface area contributed by atoms with Crippen LogP contribution in [0.5, 0.6) is 28.7 Å². The number of benzene rings is 2. The van der Waals surface area contributed by atoms with E-state index in [1.165, 1.54) is 7.11 Å². The van der Waals surface area contributed by atoms with Crippen molar-refractivity contribution >= 4 is 0 Å². The summed E-state index contributed by atoms with van der Waals surface area (Å²) in [7, 11) is 1.52. The number of fused-ring (bicyclic) bond motifs is 5. The van der Waals surface area contributed by atoms with Crippen molar-refractivity contribution in [2.45, 2.75) is 24.9 Å². The smallest absolute Gasteiger partial charge is 0.167 e. The van der Waals surface area contributed by atoms with Gasteiger partial charge in [-0.1, -0.05) is 49.6 Å². The van der Waals surface area contributed by atoms with Crippen LogP contribution in [-0.2, 0) is 12.8 Å². The first-order valence-corrected chi connectivity index (χ1v) is 10.1. The minimum Gasteiger partial charge on any atom is -0.508 e. The predicted octanol–water partition coefficient (Wildman–Crippen LogP) is 5.29. The molecule has 0 saturated heterocycles. The standard InChI is InChI=1S/C26H26O5/c1-6-14(3)10-18-21(27)9-8-16-23(18)30-13-20-17-12-22(28)26(29-5)19(11-15(4)7-2)25(17)31-24(16)20/h6-9,12,20,24,27-28H,1-4,10-11,13H2,5H3. The van der Waals surface area contributed by atoms with Gasteiger partial charge in [0.15, 0.2) is 11.5 Å². The second-order valence-electron chi connectivity index (χ2n) is 7.84. The Balaban J connectivity index is 1.81. The Morgan fingerprint density at radius 3 is 2.35 bits per heavy atom. The van der Waals surface area contributed by atoms with E-state index in [1.54, 1.807) is 24.3 Å². The molecule has 2 atom stereocenters. The van der Waals surface area contributed by atoms with Crippen molar-refractivity contribution in [2.24, 2.45) is 0 Å². The zero-order valence-corrected chi connectivity index (χ0v) is 17.6. The number of methoxy groups -OCH3 is 1. The Labute approximate surface area is 182 Å². The van der Waals surface area contributed by atoms with Crippen LogP contribution in [-0.4, -0.2) is 23.9 Å². The van der Waals surface area contributed by atoms with Crippen LogP contribution in [0.15, 0.2) is 67.8 Å². The molecule has 0 fully saturated rings. The summed E-state index contributed by atoms with van der Waals surface area (Å²) in [6, 6.07) is 5.17. The van der Waals surface area contributed by atoms with Gasteiger partial charge < -0.3 is 24.4 Å². The maximum absolute atomic E-state index is 10.6. The molecule has 2 aromatic rings. The van der Waals surface area contributed by atoms with Crippen LogP contribution in [0.25, 0.3) is 0 Å². The number of hydrogen-bond acceptors (Lipinski definition) is 5. The minimum atomic E-state index is -0.308. The molecule has 5 nitrogen and oxygen atoms in total. The summed E-state index contributed by atoms with van der Waals surface area (Å²) >= 11 is 0. The molecule has 0 amide bonds. The summed E-state index contributed by atoms with van der Waals surface area (Å²) in [6.45, 7) is 15.8. The van der Waals surface area contributed by atoms with E-state index in [1.807, 2.05) is 6.07 Å². The van der Waals surface area contributed by atoms with E-state index >= 15 is 0 Å². The lowest BCUT2D eigenvalue weighted by molar-refractivity contribution is 0.137. The average molecular weight is 418 g/mol. The van der Waals surface area contributed by atoms with Crippen molar-refractivity contribution in [1.29, 1.82) is 0 Å². The Morgan fingerprint density at radius 2 is 1.71 bits per heavy atom. The molecule has 2 heterocycles. The van der Waals surface area contributed by atoms with Gasteiger partial charge in [-0.3, -0.25) is 0 Å². The highest BCUT2D eigenvalue weighted by molar-refractivity contribution is 5.64. The van der Waals surface area contributed by atoms with E-state index in [-0.39, 0.29) is 23.5 Å². The first kappa shape index (κ1) is 20.7. The summed E-state index contributed by atoms with van der Waals surface area (Å²) in [4.78, 5) is 0. The Kier molecular flexibility index (Phi) is 5.27. The number of phenolic OH excluding ortho intramolecular Hbond substituents is 2. The van der Waals surface area contributed by atoms with Gasteiger partial charge in [-0.15, -0.1) is 0 Å². The normalized spacial score (nSPS) is 18.0. The lowest BCUT2D eigenvalue weighted by Gasteiger charge is -2.29. The highest BCUT2D eigenvalue weighted by Gasteiger charge is 2.44. The lowest BCUT2D eigenvalue weighted by atomic mass is 9.86. The number of allylic oxidation sites excluding steroid dienone is 4. The van der Waals surface area contributed by atoms with E-state index < -0.39 is 0 Å². The van der Waals surface area contributed by atoms with Gasteiger partial charge in [0, 0.05) is 35.1 Å². The molecule has 2 N–H and O–H groups in total. The molecule has 4 rings (SSSR count). The third-order valence-corrected chi connectivity index (χ3v) is 5.91. The quantitative estimate of drug-likeness (QED) is 0.599. The molecule has 2 unspecified atom stereocenters. The Morgan fingerprint density at radius 1 is 1.03 bits per heavy atom. The largest absolute Gasteiger partial charge is 0.508 e. The van der Waals surface area contributed by atoms with Crippen molar-refractivity contribution in [3.05, 3.63) is 90.1 Å². The van der Waals surface area contributed by atoms with Gasteiger partial charge in [-0.2, -0.15) is 0 Å². The molecule has 2 aliphatic rings. The predicted molar refractivity (Wildman–Crippen MR) is 120 cm³/mol. The van der Waals surface area contributed by atoms with Crippen LogP contribution in [0, 0.1) is 0 Å². The minimum absolute atomic E-state index is 0.0526. The molecule has 31 heavy (non-hydrogen) atoms. The molecule has 160 valence electrons. The van der Waals surface area contributed by atoms with Gasteiger partial charge in [0.1, 0.15) is 23.4 Å². The zero-order valence-electron chi connectivity index (χ0n) is 17.6. The molecular weight excluding hydrogens is 392 g/mol. The molecule has 0 bridgehead atoms. The maximum atomic E-state index is 10.6. The van der Waals surface area contributed by atoms with Crippen LogP contribution in [0.3, 0.4) is 0 Å². The second-order valence-corrected chi connectivity index (χ2v) is 7.84. The first-order valence-electron chi connectivity index (χ1n) is 10.1. The summed E-state index contributed by atoms with van der Waals surface area (Å²) in [6.07, 6.45) is 3.91. The van der Waals surface area contributed by atoms with Crippen molar-refractivity contribution < 1.29 is 24.4 Å². The molecule has 0 aliphatic carbocycles. The van der Waals surface area contributed by atoms with E-state index in [2.05, 4.69) is 26.3 Å². The zero-order chi connectivity index (χ0) is 22.3. The van der Waals surface area contributed by atoms with E-state index in [4.69, 9.17) is 14.2 Å². The van der Waals surface area contributed by atoms with Crippen LogP contribution in [0.2, 0.25) is 0 Å². The molecule has 2 aliphatic heterocycles. The summed E-state index contributed by atoms with van der Waals surface area (Å²) in [5.41, 5.74) is 4.69. The average Bonchev–Trinajstić information content (AvgIpc) is 3.13. The monoisotopic (exact) mass is 418 g/mol. The first-order chi connectivity index (χ1) is 14.9. The molecular formula is C26H26O5. The van der Waals surface area contributed by atoms with Crippen LogP contribution >= 0.6 is 0 Å². The number of aromatic hydroxyl groups is 2. The van der Waals surface area contributed by atoms with Crippen LogP contribution in [0.1, 0.15) is 34.3 Å². The Hall–Kier alpha value is -3.60. The van der Waals surface area contributed by atoms with Gasteiger partial charge in [-0.05, 0) is 18.2 Å². The molecule has 0 saturated carbocycles. The van der Waals surface area contributed by atoms with Crippen molar-refractivity contribution in [2.75, 3.05) is 13.7 Å². The van der Waals surface area contributed by atoms with Gasteiger partial charge >= 0.3 is 0 Å². The topological polar surface area (TPSA) is 68.2 Å². The fraction of sp³-hybridized carbons (Fsp3) is 0.231. The fourth-order valence-corrected chi connectivity index (χ4v) is 4.32. The van der Waals surface area contributed by atoms with Crippen molar-refractivity contribution in [1.82, 2.24) is 0 Å². The third-order valence-electron chi connectivity index (χ3n) is 5.91. The SMILES string of the molecule is C=CC(=C)Cc1c(OC)c(O)cc2c1OC1c3ccc(O)c(CC(=C)C=C)c3OCC21. The highest BCUT2D eigenvalue weighted by Crippen LogP contribution is 2.57. The van der Waals surface area contributed by atoms with E-state index in [0.29, 0.717) is 42.3 Å². The van der Waals surface area contributed by atoms with Crippen LogP contribution in [0.4, 0.5) is 0 Å².